The zero-order chi connectivity index (χ0) is 20.6. The summed E-state index contributed by atoms with van der Waals surface area (Å²) in [4.78, 5) is 18.6. The molecule has 3 rings (SSSR count). The molecule has 0 radical (unpaired) electrons. The van der Waals surface area contributed by atoms with Crippen molar-refractivity contribution < 1.29 is 19.2 Å². The summed E-state index contributed by atoms with van der Waals surface area (Å²) < 4.78 is 10.7. The number of anilines is 1. The Labute approximate surface area is 173 Å². The van der Waals surface area contributed by atoms with Gasteiger partial charge in [0.25, 0.3) is 5.91 Å². The van der Waals surface area contributed by atoms with Crippen molar-refractivity contribution in [1.82, 2.24) is 4.90 Å². The van der Waals surface area contributed by atoms with E-state index in [4.69, 9.17) is 9.47 Å². The van der Waals surface area contributed by atoms with Crippen molar-refractivity contribution in [3.05, 3.63) is 54.1 Å². The number of carbonyl (C=O) groups is 1. The quantitative estimate of drug-likeness (QED) is 0.731. The minimum absolute atomic E-state index is 0.199. The molecule has 1 fully saturated rings. The highest BCUT2D eigenvalue weighted by atomic mass is 16.5. The summed E-state index contributed by atoms with van der Waals surface area (Å²) in [6.07, 6.45) is 0. The maximum Gasteiger partial charge on any atom is 0.278 e. The number of nitrogens with one attached hydrogen (secondary N) is 1. The van der Waals surface area contributed by atoms with Crippen molar-refractivity contribution in [2.45, 2.75) is 13.5 Å². The highest BCUT2D eigenvalue weighted by molar-refractivity contribution is 5.77. The molecule has 1 heterocycles. The van der Waals surface area contributed by atoms with Crippen molar-refractivity contribution >= 4 is 11.6 Å². The largest absolute Gasteiger partial charge is 0.493 e. The van der Waals surface area contributed by atoms with Crippen molar-refractivity contribution in [2.24, 2.45) is 0 Å². The third-order valence-corrected chi connectivity index (χ3v) is 5.55. The molecule has 156 valence electrons. The van der Waals surface area contributed by atoms with Gasteiger partial charge in [-0.05, 0) is 36.8 Å². The van der Waals surface area contributed by atoms with Gasteiger partial charge in [0.05, 0.1) is 40.4 Å². The first-order chi connectivity index (χ1) is 14.1. The van der Waals surface area contributed by atoms with Crippen LogP contribution >= 0.6 is 0 Å². The van der Waals surface area contributed by atoms with Gasteiger partial charge in [-0.25, -0.2) is 0 Å². The molecule has 2 aromatic carbocycles. The summed E-state index contributed by atoms with van der Waals surface area (Å²) in [5.74, 6) is 1.59. The second kappa shape index (κ2) is 10.2. The van der Waals surface area contributed by atoms with E-state index in [-0.39, 0.29) is 5.91 Å². The van der Waals surface area contributed by atoms with Gasteiger partial charge in [0.2, 0.25) is 0 Å². The van der Waals surface area contributed by atoms with E-state index < -0.39 is 0 Å². The lowest BCUT2D eigenvalue weighted by Gasteiger charge is -2.34. The van der Waals surface area contributed by atoms with E-state index in [2.05, 4.69) is 29.2 Å². The van der Waals surface area contributed by atoms with Crippen LogP contribution < -0.4 is 19.3 Å². The number of methoxy groups -OCH3 is 2. The van der Waals surface area contributed by atoms with Gasteiger partial charge in [0.15, 0.2) is 18.0 Å². The fourth-order valence-corrected chi connectivity index (χ4v) is 3.80. The van der Waals surface area contributed by atoms with Crippen LogP contribution in [0.2, 0.25) is 0 Å². The zero-order valence-electron chi connectivity index (χ0n) is 17.7. The van der Waals surface area contributed by atoms with E-state index >= 15 is 0 Å². The van der Waals surface area contributed by atoms with E-state index in [0.717, 1.165) is 31.7 Å². The van der Waals surface area contributed by atoms with Crippen molar-refractivity contribution in [1.29, 1.82) is 0 Å². The molecular formula is C23H32N3O3+. The van der Waals surface area contributed by atoms with Crippen LogP contribution in [0.5, 0.6) is 11.5 Å². The maximum absolute atomic E-state index is 12.9. The van der Waals surface area contributed by atoms with Crippen LogP contribution in [-0.2, 0) is 11.3 Å². The summed E-state index contributed by atoms with van der Waals surface area (Å²) in [6, 6.07) is 16.3. The molecule has 0 bridgehead atoms. The lowest BCUT2D eigenvalue weighted by molar-refractivity contribution is -0.892. The Morgan fingerprint density at radius 1 is 1.03 bits per heavy atom. The Hall–Kier alpha value is -2.73. The number of likely N-dealkylation sites (N-methyl/N-ethyl adjacent to an activating group) is 1. The Morgan fingerprint density at radius 3 is 2.34 bits per heavy atom. The van der Waals surface area contributed by atoms with Gasteiger partial charge < -0.3 is 24.2 Å². The molecule has 1 amide bonds. The minimum Gasteiger partial charge on any atom is -0.493 e. The normalized spacial score (nSPS) is 14.5. The topological polar surface area (TPSA) is 46.5 Å². The first kappa shape index (κ1) is 21.0. The second-order valence-electron chi connectivity index (χ2n) is 7.35. The molecule has 1 saturated heterocycles. The van der Waals surface area contributed by atoms with Gasteiger partial charge in [-0.2, -0.15) is 0 Å². The number of hydrogen-bond donors (Lipinski definition) is 1. The average molecular weight is 399 g/mol. The zero-order valence-corrected chi connectivity index (χ0v) is 17.7. The SMILES string of the molecule is CCN(Cc1ccc(OC)c(OC)c1)C(=O)C[NH+]1CCN(c2ccccc2)CC1. The van der Waals surface area contributed by atoms with Gasteiger partial charge >= 0.3 is 0 Å². The third-order valence-electron chi connectivity index (χ3n) is 5.55. The Kier molecular flexibility index (Phi) is 7.36. The average Bonchev–Trinajstić information content (AvgIpc) is 2.78. The fourth-order valence-electron chi connectivity index (χ4n) is 3.80. The standard InChI is InChI=1S/C23H31N3O3/c1-4-25(17-19-10-11-21(28-2)22(16-19)29-3)23(27)18-24-12-14-26(15-13-24)20-8-6-5-7-9-20/h5-11,16H,4,12-15,17-18H2,1-3H3/p+1. The predicted molar refractivity (Wildman–Crippen MR) is 115 cm³/mol. The van der Waals surface area contributed by atoms with Crippen molar-refractivity contribution in [3.8, 4) is 11.5 Å². The molecule has 1 N–H and O–H groups in total. The predicted octanol–water partition coefficient (Wildman–Crippen LogP) is 1.46. The van der Waals surface area contributed by atoms with Crippen molar-refractivity contribution in [3.63, 3.8) is 0 Å². The number of para-hydroxylation sites is 1. The lowest BCUT2D eigenvalue weighted by atomic mass is 10.2. The van der Waals surface area contributed by atoms with E-state index in [1.165, 1.54) is 10.6 Å². The molecule has 0 spiro atoms. The smallest absolute Gasteiger partial charge is 0.278 e. The number of piperazine rings is 1. The van der Waals surface area contributed by atoms with Gasteiger partial charge in [0.1, 0.15) is 0 Å². The van der Waals surface area contributed by atoms with Crippen LogP contribution in [0.25, 0.3) is 0 Å². The Balaban J connectivity index is 1.54. The van der Waals surface area contributed by atoms with Crippen LogP contribution in [-0.4, -0.2) is 64.3 Å². The summed E-state index contributed by atoms with van der Waals surface area (Å²) in [6.45, 7) is 7.77. The fraction of sp³-hybridized carbons (Fsp3) is 0.435. The van der Waals surface area contributed by atoms with Crippen LogP contribution in [0.1, 0.15) is 12.5 Å². The van der Waals surface area contributed by atoms with Crippen molar-refractivity contribution in [2.75, 3.05) is 58.4 Å². The first-order valence-corrected chi connectivity index (χ1v) is 10.3. The van der Waals surface area contributed by atoms with Gasteiger partial charge in [0, 0.05) is 18.8 Å². The second-order valence-corrected chi connectivity index (χ2v) is 7.35. The molecule has 2 aromatic rings. The number of nitrogens with zero attached hydrogens (tertiary/aromatic N) is 2. The highest BCUT2D eigenvalue weighted by Gasteiger charge is 2.24. The molecule has 1 aliphatic heterocycles. The van der Waals surface area contributed by atoms with E-state index in [0.29, 0.717) is 31.1 Å². The number of quaternary nitrogens is 1. The molecule has 1 aliphatic rings. The molecule has 0 aliphatic carbocycles. The van der Waals surface area contributed by atoms with E-state index in [9.17, 15) is 4.79 Å². The molecule has 29 heavy (non-hydrogen) atoms. The Bertz CT molecular complexity index is 789. The number of amides is 1. The molecule has 0 saturated carbocycles. The van der Waals surface area contributed by atoms with Gasteiger partial charge in [-0.1, -0.05) is 24.3 Å². The number of hydrogen-bond acceptors (Lipinski definition) is 4. The number of benzene rings is 2. The summed E-state index contributed by atoms with van der Waals surface area (Å²) in [5, 5.41) is 0. The molecule has 0 aromatic heterocycles. The van der Waals surface area contributed by atoms with Crippen LogP contribution in [0.15, 0.2) is 48.5 Å². The summed E-state index contributed by atoms with van der Waals surface area (Å²) in [7, 11) is 3.25. The molecule has 0 atom stereocenters. The molecular weight excluding hydrogens is 366 g/mol. The van der Waals surface area contributed by atoms with Crippen LogP contribution in [0.3, 0.4) is 0 Å². The maximum atomic E-state index is 12.9. The highest BCUT2D eigenvalue weighted by Crippen LogP contribution is 2.28. The van der Waals surface area contributed by atoms with Crippen LogP contribution in [0.4, 0.5) is 5.69 Å². The minimum atomic E-state index is 0.199. The molecule has 6 nitrogen and oxygen atoms in total. The van der Waals surface area contributed by atoms with Gasteiger partial charge in [-0.15, -0.1) is 0 Å². The monoisotopic (exact) mass is 398 g/mol. The van der Waals surface area contributed by atoms with E-state index in [1.807, 2.05) is 36.1 Å². The van der Waals surface area contributed by atoms with Gasteiger partial charge in [-0.3, -0.25) is 4.79 Å². The molecule has 6 heteroatoms. The van der Waals surface area contributed by atoms with E-state index in [1.54, 1.807) is 14.2 Å². The lowest BCUT2D eigenvalue weighted by Crippen LogP contribution is -3.15. The third kappa shape index (κ3) is 5.41. The Morgan fingerprint density at radius 2 is 1.72 bits per heavy atom. The number of carbonyl (C=O) groups excluding carboxylic acids is 1. The van der Waals surface area contributed by atoms with Crippen LogP contribution in [0, 0.1) is 0 Å². The first-order valence-electron chi connectivity index (χ1n) is 10.3. The summed E-state index contributed by atoms with van der Waals surface area (Å²) >= 11 is 0. The number of rotatable bonds is 8. The summed E-state index contributed by atoms with van der Waals surface area (Å²) in [5.41, 5.74) is 2.31. The molecule has 0 unspecified atom stereocenters. The number of ether oxygens (including phenoxy) is 2.